The van der Waals surface area contributed by atoms with Crippen molar-refractivity contribution >= 4 is 23.3 Å². The minimum Gasteiger partial charge on any atom is -0.480 e. The molecule has 0 radical (unpaired) electrons. The zero-order chi connectivity index (χ0) is 13.0. The van der Waals surface area contributed by atoms with Crippen LogP contribution in [0.1, 0.15) is 5.56 Å². The van der Waals surface area contributed by atoms with Crippen molar-refractivity contribution in [3.63, 3.8) is 0 Å². The SMILES string of the molecule is O=C(O)C1COCCN1C(=O)NCc1ccsc1. The monoisotopic (exact) mass is 270 g/mol. The molecule has 2 heterocycles. The number of carboxylic acid groups (broad SMARTS) is 1. The lowest BCUT2D eigenvalue weighted by molar-refractivity contribution is -0.147. The maximum Gasteiger partial charge on any atom is 0.328 e. The Balaban J connectivity index is 1.92. The van der Waals surface area contributed by atoms with Crippen LogP contribution in [0.4, 0.5) is 4.79 Å². The Kier molecular flexibility index (Phi) is 4.16. The van der Waals surface area contributed by atoms with Gasteiger partial charge in [-0.2, -0.15) is 11.3 Å². The average Bonchev–Trinajstić information content (AvgIpc) is 2.89. The third-order valence-corrected chi connectivity index (χ3v) is 3.43. The van der Waals surface area contributed by atoms with Crippen LogP contribution < -0.4 is 5.32 Å². The number of thiophene rings is 1. The molecule has 1 aliphatic heterocycles. The molecular weight excluding hydrogens is 256 g/mol. The third-order valence-electron chi connectivity index (χ3n) is 2.70. The first-order valence-electron chi connectivity index (χ1n) is 5.54. The highest BCUT2D eigenvalue weighted by molar-refractivity contribution is 7.07. The van der Waals surface area contributed by atoms with Gasteiger partial charge >= 0.3 is 12.0 Å². The van der Waals surface area contributed by atoms with Crippen molar-refractivity contribution in [2.45, 2.75) is 12.6 Å². The van der Waals surface area contributed by atoms with Crippen LogP contribution in [0.25, 0.3) is 0 Å². The van der Waals surface area contributed by atoms with Gasteiger partial charge in [-0.3, -0.25) is 0 Å². The van der Waals surface area contributed by atoms with Crippen molar-refractivity contribution < 1.29 is 19.4 Å². The van der Waals surface area contributed by atoms with Gasteiger partial charge in [0.2, 0.25) is 0 Å². The number of carbonyl (C=O) groups excluding carboxylic acids is 1. The van der Waals surface area contributed by atoms with Crippen LogP contribution in [0.3, 0.4) is 0 Å². The van der Waals surface area contributed by atoms with Gasteiger partial charge in [-0.25, -0.2) is 9.59 Å². The molecule has 18 heavy (non-hydrogen) atoms. The van der Waals surface area contributed by atoms with Crippen molar-refractivity contribution in [1.82, 2.24) is 10.2 Å². The van der Waals surface area contributed by atoms with Gasteiger partial charge in [-0.05, 0) is 22.4 Å². The Bertz CT molecular complexity index is 421. The van der Waals surface area contributed by atoms with E-state index >= 15 is 0 Å². The normalized spacial score (nSPS) is 19.6. The summed E-state index contributed by atoms with van der Waals surface area (Å²) in [6.45, 7) is 1.12. The number of morpholine rings is 1. The number of carbonyl (C=O) groups is 2. The molecule has 2 N–H and O–H groups in total. The lowest BCUT2D eigenvalue weighted by Gasteiger charge is -2.32. The molecule has 0 aromatic carbocycles. The summed E-state index contributed by atoms with van der Waals surface area (Å²) in [5.41, 5.74) is 1.01. The molecule has 1 saturated heterocycles. The van der Waals surface area contributed by atoms with E-state index in [0.717, 1.165) is 5.56 Å². The van der Waals surface area contributed by atoms with E-state index in [0.29, 0.717) is 19.7 Å². The van der Waals surface area contributed by atoms with E-state index in [9.17, 15) is 9.59 Å². The van der Waals surface area contributed by atoms with E-state index in [1.807, 2.05) is 16.8 Å². The summed E-state index contributed by atoms with van der Waals surface area (Å²) in [5, 5.41) is 15.6. The van der Waals surface area contributed by atoms with Gasteiger partial charge in [0.05, 0.1) is 13.2 Å². The van der Waals surface area contributed by atoms with Crippen LogP contribution >= 0.6 is 11.3 Å². The fraction of sp³-hybridized carbons (Fsp3) is 0.455. The molecule has 1 aromatic rings. The second-order valence-electron chi connectivity index (χ2n) is 3.91. The molecule has 98 valence electrons. The van der Waals surface area contributed by atoms with Gasteiger partial charge < -0.3 is 20.1 Å². The van der Waals surface area contributed by atoms with E-state index < -0.39 is 12.0 Å². The molecule has 6 nitrogen and oxygen atoms in total. The van der Waals surface area contributed by atoms with Crippen molar-refractivity contribution in [2.75, 3.05) is 19.8 Å². The fourth-order valence-corrected chi connectivity index (χ4v) is 2.39. The van der Waals surface area contributed by atoms with Crippen LogP contribution in [0.15, 0.2) is 16.8 Å². The van der Waals surface area contributed by atoms with E-state index in [2.05, 4.69) is 5.32 Å². The van der Waals surface area contributed by atoms with Crippen molar-refractivity contribution in [2.24, 2.45) is 0 Å². The molecule has 0 aliphatic carbocycles. The quantitative estimate of drug-likeness (QED) is 0.849. The summed E-state index contributed by atoms with van der Waals surface area (Å²) >= 11 is 1.55. The fourth-order valence-electron chi connectivity index (χ4n) is 1.72. The van der Waals surface area contributed by atoms with Gasteiger partial charge in [0.25, 0.3) is 0 Å². The summed E-state index contributed by atoms with van der Waals surface area (Å²) in [6.07, 6.45) is 0. The zero-order valence-corrected chi connectivity index (χ0v) is 10.5. The Morgan fingerprint density at radius 2 is 2.44 bits per heavy atom. The molecule has 1 fully saturated rings. The van der Waals surface area contributed by atoms with Crippen LogP contribution in [0.5, 0.6) is 0 Å². The van der Waals surface area contributed by atoms with E-state index in [-0.39, 0.29) is 12.6 Å². The molecule has 0 saturated carbocycles. The molecule has 0 spiro atoms. The molecule has 2 rings (SSSR count). The highest BCUT2D eigenvalue weighted by Gasteiger charge is 2.32. The van der Waals surface area contributed by atoms with Crippen molar-refractivity contribution in [1.29, 1.82) is 0 Å². The first-order chi connectivity index (χ1) is 8.68. The number of ether oxygens (including phenoxy) is 1. The molecule has 1 unspecified atom stereocenters. The number of hydrogen-bond acceptors (Lipinski definition) is 4. The molecule has 0 bridgehead atoms. The summed E-state index contributed by atoms with van der Waals surface area (Å²) in [7, 11) is 0. The number of aliphatic carboxylic acids is 1. The van der Waals surface area contributed by atoms with E-state index in [1.54, 1.807) is 11.3 Å². The molecular formula is C11H14N2O4S. The van der Waals surface area contributed by atoms with Crippen molar-refractivity contribution in [3.8, 4) is 0 Å². The van der Waals surface area contributed by atoms with Gasteiger partial charge in [0, 0.05) is 13.1 Å². The van der Waals surface area contributed by atoms with Crippen LogP contribution in [-0.2, 0) is 16.1 Å². The highest BCUT2D eigenvalue weighted by atomic mass is 32.1. The minimum absolute atomic E-state index is 0.0429. The second-order valence-corrected chi connectivity index (χ2v) is 4.69. The Labute approximate surface area is 108 Å². The topological polar surface area (TPSA) is 78.9 Å². The lowest BCUT2D eigenvalue weighted by Crippen LogP contribution is -2.55. The maximum absolute atomic E-state index is 11.9. The number of nitrogens with one attached hydrogen (secondary N) is 1. The first kappa shape index (κ1) is 12.8. The Hall–Kier alpha value is -1.60. The molecule has 2 amide bonds. The molecule has 1 atom stereocenters. The molecule has 7 heteroatoms. The molecule has 1 aliphatic rings. The summed E-state index contributed by atoms with van der Waals surface area (Å²) in [5.74, 6) is -1.04. The predicted molar refractivity (Wildman–Crippen MR) is 65.5 cm³/mol. The number of hydrogen-bond donors (Lipinski definition) is 2. The van der Waals surface area contributed by atoms with Gasteiger partial charge in [0.15, 0.2) is 6.04 Å². The van der Waals surface area contributed by atoms with E-state index in [4.69, 9.17) is 9.84 Å². The largest absolute Gasteiger partial charge is 0.480 e. The van der Waals surface area contributed by atoms with Crippen LogP contribution in [-0.4, -0.2) is 47.8 Å². The smallest absolute Gasteiger partial charge is 0.328 e. The third kappa shape index (κ3) is 2.99. The summed E-state index contributed by atoms with van der Waals surface area (Å²) in [6, 6.07) is 0.650. The highest BCUT2D eigenvalue weighted by Crippen LogP contribution is 2.09. The van der Waals surface area contributed by atoms with Crippen molar-refractivity contribution in [3.05, 3.63) is 22.4 Å². The number of carboxylic acids is 1. The first-order valence-corrected chi connectivity index (χ1v) is 6.49. The Morgan fingerprint density at radius 3 is 3.11 bits per heavy atom. The van der Waals surface area contributed by atoms with Crippen LogP contribution in [0, 0.1) is 0 Å². The van der Waals surface area contributed by atoms with Gasteiger partial charge in [-0.1, -0.05) is 0 Å². The summed E-state index contributed by atoms with van der Waals surface area (Å²) < 4.78 is 5.07. The average molecular weight is 270 g/mol. The lowest BCUT2D eigenvalue weighted by atomic mass is 10.2. The number of amides is 2. The van der Waals surface area contributed by atoms with E-state index in [1.165, 1.54) is 4.90 Å². The van der Waals surface area contributed by atoms with Gasteiger partial charge in [0.1, 0.15) is 0 Å². The number of rotatable bonds is 3. The number of nitrogens with zero attached hydrogens (tertiary/aromatic N) is 1. The van der Waals surface area contributed by atoms with Crippen LogP contribution in [0.2, 0.25) is 0 Å². The number of urea groups is 1. The maximum atomic E-state index is 11.9. The summed E-state index contributed by atoms with van der Waals surface area (Å²) in [4.78, 5) is 24.2. The zero-order valence-electron chi connectivity index (χ0n) is 9.67. The second kappa shape index (κ2) is 5.83. The minimum atomic E-state index is -1.04. The Morgan fingerprint density at radius 1 is 1.61 bits per heavy atom. The van der Waals surface area contributed by atoms with Gasteiger partial charge in [-0.15, -0.1) is 0 Å². The standard InChI is InChI=1S/C11H14N2O4S/c14-10(15)9-6-17-3-2-13(9)11(16)12-5-8-1-4-18-7-8/h1,4,7,9H,2-3,5-6H2,(H,12,16)(H,14,15). The predicted octanol–water partition coefficient (Wildman–Crippen LogP) is 0.743. The molecule has 1 aromatic heterocycles.